The van der Waals surface area contributed by atoms with Crippen LogP contribution in [0.15, 0.2) is 237 Å². The second-order valence-corrected chi connectivity index (χ2v) is 15.3. The fourth-order valence-electron chi connectivity index (χ4n) is 7.85. The molecule has 5 heteroatoms. The van der Waals surface area contributed by atoms with Gasteiger partial charge in [0.25, 0.3) is 0 Å². The van der Waals surface area contributed by atoms with E-state index in [-0.39, 0.29) is 11.4 Å². The molecule has 0 bridgehead atoms. The molecule has 300 valence electrons. The summed E-state index contributed by atoms with van der Waals surface area (Å²) < 4.78 is 0. The van der Waals surface area contributed by atoms with Gasteiger partial charge < -0.3 is 5.73 Å². The van der Waals surface area contributed by atoms with Crippen molar-refractivity contribution < 1.29 is 0 Å². The Morgan fingerprint density at radius 2 is 0.651 bits per heavy atom. The lowest BCUT2D eigenvalue weighted by atomic mass is 9.84. The third-order valence-corrected chi connectivity index (χ3v) is 11.0. The molecule has 0 atom stereocenters. The van der Waals surface area contributed by atoms with Gasteiger partial charge in [0.05, 0.1) is 11.4 Å². The topological polar surface area (TPSA) is 99.5 Å². The van der Waals surface area contributed by atoms with E-state index in [9.17, 15) is 0 Å². The van der Waals surface area contributed by atoms with Gasteiger partial charge in [-0.1, -0.05) is 133 Å². The maximum absolute atomic E-state index is 9.01. The van der Waals surface area contributed by atoms with E-state index in [1.54, 1.807) is 12.4 Å². The van der Waals surface area contributed by atoms with Crippen LogP contribution in [0, 0.1) is 10.8 Å². The fraction of sp³-hybridized carbons (Fsp3) is 0. The standard InChI is InChI=1S/C42H30N2.C16H13N3/c43-41-28-38(37-23-33(29-13-5-1-6-14-29)21-34(24-37)30-15-7-2-8-16-30)27-40(42(41)44)39-25-35(31-17-9-3-10-18-31)22-36(26-39)32-19-11-4-12-20-32;17-16-8-14(12-3-1-5-18-10-12)7-15(9-16)13-4-2-6-19-11-13/h1-28,43-44H;1-11H,17H2. The van der Waals surface area contributed by atoms with Crippen molar-refractivity contribution in [3.8, 4) is 66.8 Å². The maximum Gasteiger partial charge on any atom is 0.0867 e. The van der Waals surface area contributed by atoms with E-state index in [4.69, 9.17) is 16.6 Å². The highest BCUT2D eigenvalue weighted by molar-refractivity contribution is 6.61. The van der Waals surface area contributed by atoms with Crippen molar-refractivity contribution in [3.05, 3.63) is 248 Å². The van der Waals surface area contributed by atoms with Gasteiger partial charge in [-0.15, -0.1) is 0 Å². The first kappa shape index (κ1) is 39.9. The van der Waals surface area contributed by atoms with Gasteiger partial charge >= 0.3 is 0 Å². The number of nitrogens with zero attached hydrogens (tertiary/aromatic N) is 2. The minimum atomic E-state index is 0.204. The number of hydrogen-bond donors (Lipinski definition) is 3. The molecule has 0 spiro atoms. The summed E-state index contributed by atoms with van der Waals surface area (Å²) in [6, 6.07) is 68.5. The number of hydrogen-bond acceptors (Lipinski definition) is 5. The number of nitrogen functional groups attached to an aromatic ring is 1. The van der Waals surface area contributed by atoms with Crippen molar-refractivity contribution in [2.24, 2.45) is 0 Å². The Hall–Kier alpha value is -8.54. The van der Waals surface area contributed by atoms with E-state index in [0.29, 0.717) is 0 Å². The number of nitrogens with two attached hydrogens (primary N) is 1. The number of aromatic nitrogens is 2. The summed E-state index contributed by atoms with van der Waals surface area (Å²) in [5, 5.41) is 17.9. The highest BCUT2D eigenvalue weighted by Gasteiger charge is 2.21. The zero-order valence-electron chi connectivity index (χ0n) is 34.5. The van der Waals surface area contributed by atoms with Crippen molar-refractivity contribution in [1.29, 1.82) is 10.8 Å². The minimum Gasteiger partial charge on any atom is -0.399 e. The molecule has 7 aromatic carbocycles. The Bertz CT molecular complexity index is 2930. The van der Waals surface area contributed by atoms with Crippen LogP contribution >= 0.6 is 0 Å². The molecule has 4 N–H and O–H groups in total. The zero-order valence-corrected chi connectivity index (χ0v) is 34.5. The largest absolute Gasteiger partial charge is 0.399 e. The van der Waals surface area contributed by atoms with Crippen LogP contribution in [0.5, 0.6) is 0 Å². The zero-order chi connectivity index (χ0) is 43.0. The van der Waals surface area contributed by atoms with Crippen LogP contribution in [0.4, 0.5) is 5.69 Å². The third-order valence-electron chi connectivity index (χ3n) is 11.0. The van der Waals surface area contributed by atoms with Crippen LogP contribution in [0.3, 0.4) is 0 Å². The summed E-state index contributed by atoms with van der Waals surface area (Å²) in [4.78, 5) is 8.28. The van der Waals surface area contributed by atoms with E-state index in [2.05, 4.69) is 131 Å². The fourth-order valence-corrected chi connectivity index (χ4v) is 7.85. The van der Waals surface area contributed by atoms with Crippen LogP contribution in [0.25, 0.3) is 77.9 Å². The summed E-state index contributed by atoms with van der Waals surface area (Å²) in [6.45, 7) is 0. The van der Waals surface area contributed by atoms with Gasteiger partial charge in [0.2, 0.25) is 0 Å². The normalized spacial score (nSPS) is 12.1. The second-order valence-electron chi connectivity index (χ2n) is 15.3. The molecule has 63 heavy (non-hydrogen) atoms. The molecule has 0 fully saturated rings. The van der Waals surface area contributed by atoms with Crippen molar-refractivity contribution in [2.45, 2.75) is 0 Å². The molecule has 5 nitrogen and oxygen atoms in total. The molecule has 2 aromatic heterocycles. The number of nitrogens with one attached hydrogen (secondary N) is 2. The van der Waals surface area contributed by atoms with E-state index in [1.807, 2.05) is 103 Å². The number of benzene rings is 7. The number of anilines is 1. The van der Waals surface area contributed by atoms with Gasteiger partial charge in [-0.05, 0) is 151 Å². The van der Waals surface area contributed by atoms with E-state index in [0.717, 1.165) is 94.7 Å². The molecule has 0 aliphatic heterocycles. The van der Waals surface area contributed by atoms with Crippen LogP contribution in [0.2, 0.25) is 0 Å². The van der Waals surface area contributed by atoms with Gasteiger partial charge in [0.1, 0.15) is 0 Å². The van der Waals surface area contributed by atoms with Gasteiger partial charge in [-0.3, -0.25) is 20.8 Å². The Labute approximate surface area is 368 Å². The molecule has 1 aliphatic rings. The number of allylic oxidation sites excluding steroid dienone is 4. The van der Waals surface area contributed by atoms with Crippen LogP contribution in [-0.4, -0.2) is 21.4 Å². The first-order valence-corrected chi connectivity index (χ1v) is 20.8. The predicted molar refractivity (Wildman–Crippen MR) is 263 cm³/mol. The lowest BCUT2D eigenvalue weighted by molar-refractivity contribution is 1.32. The molecule has 0 saturated carbocycles. The molecule has 0 unspecified atom stereocenters. The van der Waals surface area contributed by atoms with Crippen molar-refractivity contribution in [1.82, 2.24) is 9.97 Å². The molecular weight excluding hydrogens is 767 g/mol. The Kier molecular flexibility index (Phi) is 11.6. The Balaban J connectivity index is 0.000000221. The minimum absolute atomic E-state index is 0.204. The SMILES string of the molecule is N=C1C=C(c2cc(-c3ccccc3)cc(-c3ccccc3)c2)C=C(c2cc(-c3ccccc3)cc(-c3ccccc3)c2)C1=N.Nc1cc(-c2cccnc2)cc(-c2cccnc2)c1. The van der Waals surface area contributed by atoms with E-state index in [1.165, 1.54) is 0 Å². The van der Waals surface area contributed by atoms with Gasteiger partial charge in [0, 0.05) is 47.2 Å². The lowest BCUT2D eigenvalue weighted by Crippen LogP contribution is -2.16. The van der Waals surface area contributed by atoms with Crippen molar-refractivity contribution >= 4 is 28.3 Å². The summed E-state index contributed by atoms with van der Waals surface area (Å²) in [5.41, 5.74) is 23.9. The molecule has 2 heterocycles. The predicted octanol–water partition coefficient (Wildman–Crippen LogP) is 14.3. The Morgan fingerprint density at radius 1 is 0.317 bits per heavy atom. The number of rotatable bonds is 8. The highest BCUT2D eigenvalue weighted by Crippen LogP contribution is 2.37. The summed E-state index contributed by atoms with van der Waals surface area (Å²) in [6.07, 6.45) is 11.1. The first-order valence-electron chi connectivity index (χ1n) is 20.8. The monoisotopic (exact) mass is 809 g/mol. The second kappa shape index (κ2) is 18.4. The molecule has 9 aromatic rings. The molecule has 0 amide bonds. The molecule has 0 saturated heterocycles. The van der Waals surface area contributed by atoms with Crippen LogP contribution < -0.4 is 5.73 Å². The molecule has 1 aliphatic carbocycles. The van der Waals surface area contributed by atoms with E-state index >= 15 is 0 Å². The first-order chi connectivity index (χ1) is 30.9. The van der Waals surface area contributed by atoms with Gasteiger partial charge in [-0.2, -0.15) is 0 Å². The summed E-state index contributed by atoms with van der Waals surface area (Å²) >= 11 is 0. The summed E-state index contributed by atoms with van der Waals surface area (Å²) in [5.74, 6) is 0. The quantitative estimate of drug-likeness (QED) is 0.105. The smallest absolute Gasteiger partial charge is 0.0867 e. The van der Waals surface area contributed by atoms with E-state index < -0.39 is 0 Å². The van der Waals surface area contributed by atoms with Crippen molar-refractivity contribution in [2.75, 3.05) is 5.73 Å². The summed E-state index contributed by atoms with van der Waals surface area (Å²) in [7, 11) is 0. The lowest BCUT2D eigenvalue weighted by Gasteiger charge is -2.20. The Morgan fingerprint density at radius 3 is 1.02 bits per heavy atom. The highest BCUT2D eigenvalue weighted by atomic mass is 14.6. The van der Waals surface area contributed by atoms with Gasteiger partial charge in [0.15, 0.2) is 0 Å². The molecule has 10 rings (SSSR count). The van der Waals surface area contributed by atoms with Crippen LogP contribution in [0.1, 0.15) is 11.1 Å². The third kappa shape index (κ3) is 9.29. The molecule has 0 radical (unpaired) electrons. The van der Waals surface area contributed by atoms with Crippen molar-refractivity contribution in [3.63, 3.8) is 0 Å². The van der Waals surface area contributed by atoms with Gasteiger partial charge in [-0.25, -0.2) is 0 Å². The maximum atomic E-state index is 9.01. The van der Waals surface area contributed by atoms with Crippen LogP contribution in [-0.2, 0) is 0 Å². The average Bonchev–Trinajstić information content (AvgIpc) is 3.36. The molecular formula is C58H43N5. The number of pyridine rings is 2. The average molecular weight is 810 g/mol.